The van der Waals surface area contributed by atoms with E-state index in [-0.39, 0.29) is 12.0 Å². The van der Waals surface area contributed by atoms with Crippen molar-refractivity contribution in [3.8, 4) is 16.3 Å². The van der Waals surface area contributed by atoms with E-state index in [0.717, 1.165) is 40.8 Å². The molecule has 9 heteroatoms. The van der Waals surface area contributed by atoms with Crippen molar-refractivity contribution in [2.45, 2.75) is 25.9 Å². The second-order valence-electron chi connectivity index (χ2n) is 6.07. The van der Waals surface area contributed by atoms with Crippen LogP contribution in [0.1, 0.15) is 39.3 Å². The molecule has 3 aromatic rings. The average molecular weight is 403 g/mol. The summed E-state index contributed by atoms with van der Waals surface area (Å²) in [6, 6.07) is 7.62. The molecule has 0 aliphatic carbocycles. The van der Waals surface area contributed by atoms with Gasteiger partial charge in [-0.25, -0.2) is 4.98 Å². The van der Waals surface area contributed by atoms with Gasteiger partial charge in [0, 0.05) is 12.2 Å². The molecule has 2 aromatic heterocycles. The number of aryl methyl sites for hydroxylation is 1. The molecule has 0 unspecified atom stereocenters. The zero-order valence-corrected chi connectivity index (χ0v) is 16.5. The number of rotatable bonds is 5. The molecule has 1 saturated heterocycles. The molecule has 0 saturated carbocycles. The molecule has 1 amide bonds. The molecular weight excluding hydrogens is 384 g/mol. The molecule has 1 aromatic carbocycles. The highest BCUT2D eigenvalue weighted by atomic mass is 32.1. The quantitative estimate of drug-likeness (QED) is 0.692. The number of hydrogen-bond donors (Lipinski definition) is 1. The number of amides is 1. The number of hydrogen-bond acceptors (Lipinski definition) is 8. The fourth-order valence-corrected chi connectivity index (χ4v) is 4.61. The van der Waals surface area contributed by atoms with E-state index in [1.165, 1.54) is 22.7 Å². The highest BCUT2D eigenvalue weighted by molar-refractivity contribution is 7.17. The third-order valence-electron chi connectivity index (χ3n) is 4.19. The van der Waals surface area contributed by atoms with E-state index in [1.54, 1.807) is 7.11 Å². The van der Waals surface area contributed by atoms with Gasteiger partial charge in [-0.2, -0.15) is 0 Å². The standard InChI is InChI=1S/C18H18N4O3S2/c1-10-14(26-16(19-10)11-5-3-6-12(9-11)24-2)15(23)20-18-22-21-17(27-18)13-7-4-8-25-13/h3,5-6,9,13H,4,7-8H2,1-2H3,(H,20,22,23)/t13-/m0/s1. The van der Waals surface area contributed by atoms with Gasteiger partial charge in [0.05, 0.1) is 12.8 Å². The summed E-state index contributed by atoms with van der Waals surface area (Å²) in [5.41, 5.74) is 1.59. The van der Waals surface area contributed by atoms with Crippen LogP contribution in [0.2, 0.25) is 0 Å². The summed E-state index contributed by atoms with van der Waals surface area (Å²) in [5, 5.41) is 13.1. The Morgan fingerprint density at radius 2 is 2.22 bits per heavy atom. The Balaban J connectivity index is 1.51. The van der Waals surface area contributed by atoms with Gasteiger partial charge in [-0.1, -0.05) is 23.5 Å². The van der Waals surface area contributed by atoms with Crippen LogP contribution in [0.25, 0.3) is 10.6 Å². The summed E-state index contributed by atoms with van der Waals surface area (Å²) < 4.78 is 10.9. The minimum Gasteiger partial charge on any atom is -0.497 e. The fraction of sp³-hybridized carbons (Fsp3) is 0.333. The maximum atomic E-state index is 12.7. The first-order valence-electron chi connectivity index (χ1n) is 8.52. The number of carbonyl (C=O) groups excluding carboxylic acids is 1. The summed E-state index contributed by atoms with van der Waals surface area (Å²) in [5.74, 6) is 0.524. The fourth-order valence-electron chi connectivity index (χ4n) is 2.83. The van der Waals surface area contributed by atoms with Crippen molar-refractivity contribution in [3.05, 3.63) is 39.8 Å². The van der Waals surface area contributed by atoms with E-state index in [4.69, 9.17) is 9.47 Å². The SMILES string of the molecule is COc1cccc(-c2nc(C)c(C(=O)Nc3nnc([C@@H]4CCCO4)s3)s2)c1. The number of aromatic nitrogens is 3. The topological polar surface area (TPSA) is 86.2 Å². The summed E-state index contributed by atoms with van der Waals surface area (Å²) in [4.78, 5) is 17.8. The molecule has 1 aliphatic heterocycles. The first-order chi connectivity index (χ1) is 13.1. The highest BCUT2D eigenvalue weighted by Gasteiger charge is 2.23. The second kappa shape index (κ2) is 7.71. The number of thiazole rings is 1. The smallest absolute Gasteiger partial charge is 0.269 e. The van der Waals surface area contributed by atoms with E-state index < -0.39 is 0 Å². The third-order valence-corrected chi connectivity index (χ3v) is 6.32. The number of ether oxygens (including phenoxy) is 2. The lowest BCUT2D eigenvalue weighted by molar-refractivity contribution is 0.102. The summed E-state index contributed by atoms with van der Waals surface area (Å²) >= 11 is 2.70. The van der Waals surface area contributed by atoms with Crippen molar-refractivity contribution in [1.29, 1.82) is 0 Å². The van der Waals surface area contributed by atoms with Crippen molar-refractivity contribution < 1.29 is 14.3 Å². The number of carbonyl (C=O) groups is 1. The summed E-state index contributed by atoms with van der Waals surface area (Å²) in [6.07, 6.45) is 1.97. The molecule has 1 N–H and O–H groups in total. The number of methoxy groups -OCH3 is 1. The van der Waals surface area contributed by atoms with Crippen LogP contribution in [0.5, 0.6) is 5.75 Å². The average Bonchev–Trinajstić information content (AvgIpc) is 3.42. The molecule has 1 aliphatic rings. The molecule has 27 heavy (non-hydrogen) atoms. The predicted molar refractivity (Wildman–Crippen MR) is 105 cm³/mol. The van der Waals surface area contributed by atoms with Gasteiger partial charge < -0.3 is 9.47 Å². The second-order valence-corrected chi connectivity index (χ2v) is 8.07. The lowest BCUT2D eigenvalue weighted by Crippen LogP contribution is -2.11. The van der Waals surface area contributed by atoms with Crippen LogP contribution >= 0.6 is 22.7 Å². The van der Waals surface area contributed by atoms with E-state index in [2.05, 4.69) is 20.5 Å². The number of anilines is 1. The molecule has 1 atom stereocenters. The van der Waals surface area contributed by atoms with E-state index >= 15 is 0 Å². The molecule has 0 radical (unpaired) electrons. The van der Waals surface area contributed by atoms with Crippen LogP contribution in [0.4, 0.5) is 5.13 Å². The van der Waals surface area contributed by atoms with Gasteiger partial charge in [0.1, 0.15) is 26.7 Å². The van der Waals surface area contributed by atoms with Gasteiger partial charge in [-0.15, -0.1) is 21.5 Å². The first-order valence-corrected chi connectivity index (χ1v) is 10.2. The zero-order valence-electron chi connectivity index (χ0n) is 14.9. The molecule has 0 spiro atoms. The lowest BCUT2D eigenvalue weighted by atomic mass is 10.2. The van der Waals surface area contributed by atoms with Crippen molar-refractivity contribution in [3.63, 3.8) is 0 Å². The van der Waals surface area contributed by atoms with Gasteiger partial charge in [0.15, 0.2) is 0 Å². The first kappa shape index (κ1) is 18.0. The summed E-state index contributed by atoms with van der Waals surface area (Å²) in [6.45, 7) is 2.58. The predicted octanol–water partition coefficient (Wildman–Crippen LogP) is 4.08. The Morgan fingerprint density at radius 3 is 3.00 bits per heavy atom. The van der Waals surface area contributed by atoms with Gasteiger partial charge in [0.2, 0.25) is 5.13 Å². The highest BCUT2D eigenvalue weighted by Crippen LogP contribution is 2.33. The molecule has 7 nitrogen and oxygen atoms in total. The normalized spacial score (nSPS) is 16.4. The number of benzene rings is 1. The van der Waals surface area contributed by atoms with Crippen molar-refractivity contribution in [1.82, 2.24) is 15.2 Å². The van der Waals surface area contributed by atoms with Gasteiger partial charge in [-0.05, 0) is 31.9 Å². The molecule has 3 heterocycles. The van der Waals surface area contributed by atoms with Crippen LogP contribution in [-0.2, 0) is 4.74 Å². The van der Waals surface area contributed by atoms with Crippen LogP contribution in [0, 0.1) is 6.92 Å². The monoisotopic (exact) mass is 402 g/mol. The lowest BCUT2D eigenvalue weighted by Gasteiger charge is -2.02. The Morgan fingerprint density at radius 1 is 1.33 bits per heavy atom. The number of nitrogens with one attached hydrogen (secondary N) is 1. The minimum absolute atomic E-state index is 0.00189. The van der Waals surface area contributed by atoms with Crippen LogP contribution in [-0.4, -0.2) is 34.8 Å². The van der Waals surface area contributed by atoms with E-state index in [1.807, 2.05) is 31.2 Å². The Hall–Kier alpha value is -2.36. The number of nitrogens with zero attached hydrogens (tertiary/aromatic N) is 3. The van der Waals surface area contributed by atoms with Crippen LogP contribution in [0.15, 0.2) is 24.3 Å². The Labute approximate surface area is 164 Å². The largest absolute Gasteiger partial charge is 0.497 e. The molecule has 0 bridgehead atoms. The van der Waals surface area contributed by atoms with Crippen molar-refractivity contribution in [2.75, 3.05) is 19.0 Å². The summed E-state index contributed by atoms with van der Waals surface area (Å²) in [7, 11) is 1.62. The maximum absolute atomic E-state index is 12.7. The van der Waals surface area contributed by atoms with Gasteiger partial charge in [-0.3, -0.25) is 10.1 Å². The Bertz CT molecular complexity index is 963. The van der Waals surface area contributed by atoms with Crippen molar-refractivity contribution >= 4 is 33.7 Å². The van der Waals surface area contributed by atoms with E-state index in [0.29, 0.717) is 15.7 Å². The minimum atomic E-state index is -0.228. The maximum Gasteiger partial charge on any atom is 0.269 e. The molecule has 140 valence electrons. The Kier molecular flexibility index (Phi) is 5.15. The van der Waals surface area contributed by atoms with Crippen LogP contribution < -0.4 is 10.1 Å². The third kappa shape index (κ3) is 3.85. The molecular formula is C18H18N4O3S2. The van der Waals surface area contributed by atoms with Crippen LogP contribution in [0.3, 0.4) is 0 Å². The molecule has 4 rings (SSSR count). The zero-order chi connectivity index (χ0) is 18.8. The van der Waals surface area contributed by atoms with Crippen molar-refractivity contribution in [2.24, 2.45) is 0 Å². The molecule has 1 fully saturated rings. The van der Waals surface area contributed by atoms with E-state index in [9.17, 15) is 4.79 Å². The van der Waals surface area contributed by atoms with Gasteiger partial charge in [0.25, 0.3) is 5.91 Å². The van der Waals surface area contributed by atoms with Gasteiger partial charge >= 0.3 is 0 Å².